The highest BCUT2D eigenvalue weighted by atomic mass is 32.2. The van der Waals surface area contributed by atoms with Crippen LogP contribution in [0, 0.1) is 5.82 Å². The predicted octanol–water partition coefficient (Wildman–Crippen LogP) is 0.865. The Kier molecular flexibility index (Phi) is 3.84. The normalized spacial score (nSPS) is 20.8. The third-order valence-electron chi connectivity index (χ3n) is 2.69. The second kappa shape index (κ2) is 5.21. The van der Waals surface area contributed by atoms with E-state index in [1.165, 1.54) is 6.07 Å². The van der Waals surface area contributed by atoms with Crippen molar-refractivity contribution < 1.29 is 17.5 Å². The summed E-state index contributed by atoms with van der Waals surface area (Å²) in [6.07, 6.45) is 1.52. The average Bonchev–Trinajstić information content (AvgIpc) is 2.28. The highest BCUT2D eigenvalue weighted by Crippen LogP contribution is 2.17. The monoisotopic (exact) mass is 274 g/mol. The van der Waals surface area contributed by atoms with Gasteiger partial charge < -0.3 is 10.5 Å². The number of halogens is 1. The molecule has 0 bridgehead atoms. The Labute approximate surface area is 105 Å². The number of ether oxygens (including phenoxy) is 1. The van der Waals surface area contributed by atoms with Crippen LogP contribution in [-0.4, -0.2) is 27.7 Å². The van der Waals surface area contributed by atoms with Crippen molar-refractivity contribution in [1.29, 1.82) is 0 Å². The summed E-state index contributed by atoms with van der Waals surface area (Å²) in [6.45, 7) is 0.981. The van der Waals surface area contributed by atoms with Crippen molar-refractivity contribution in [3.05, 3.63) is 24.0 Å². The molecule has 1 saturated heterocycles. The molecule has 0 amide bonds. The molecule has 2 rings (SSSR count). The van der Waals surface area contributed by atoms with Gasteiger partial charge in [0.25, 0.3) is 0 Å². The van der Waals surface area contributed by atoms with E-state index >= 15 is 0 Å². The lowest BCUT2D eigenvalue weighted by molar-refractivity contribution is 0.0774. The van der Waals surface area contributed by atoms with Crippen LogP contribution in [0.25, 0.3) is 0 Å². The fourth-order valence-electron chi connectivity index (χ4n) is 1.86. The van der Waals surface area contributed by atoms with Crippen LogP contribution in [-0.2, 0) is 14.8 Å². The first-order valence-electron chi connectivity index (χ1n) is 5.63. The van der Waals surface area contributed by atoms with E-state index in [4.69, 9.17) is 10.5 Å². The maximum absolute atomic E-state index is 13.1. The molecule has 0 spiro atoms. The standard InChI is InChI=1S/C11H15FN2O3S/c12-8-4-9(13)6-11(5-8)18(15,16)14-10-2-1-3-17-7-10/h4-6,10,14H,1-3,7,13H2. The number of hydrogen-bond donors (Lipinski definition) is 2. The number of nitrogens with two attached hydrogens (primary N) is 1. The molecule has 1 unspecified atom stereocenters. The van der Waals surface area contributed by atoms with Gasteiger partial charge in [-0.25, -0.2) is 17.5 Å². The van der Waals surface area contributed by atoms with Crippen LogP contribution >= 0.6 is 0 Å². The van der Waals surface area contributed by atoms with Crippen LogP contribution in [0.1, 0.15) is 12.8 Å². The Morgan fingerprint density at radius 1 is 1.39 bits per heavy atom. The minimum Gasteiger partial charge on any atom is -0.399 e. The van der Waals surface area contributed by atoms with E-state index in [-0.39, 0.29) is 16.6 Å². The van der Waals surface area contributed by atoms with Crippen LogP contribution in [0.5, 0.6) is 0 Å². The van der Waals surface area contributed by atoms with Crippen molar-refractivity contribution in [2.45, 2.75) is 23.8 Å². The molecule has 0 aliphatic carbocycles. The van der Waals surface area contributed by atoms with E-state index in [1.807, 2.05) is 0 Å². The molecule has 0 radical (unpaired) electrons. The lowest BCUT2D eigenvalue weighted by atomic mass is 10.1. The van der Waals surface area contributed by atoms with Crippen LogP contribution in [0.2, 0.25) is 0 Å². The van der Waals surface area contributed by atoms with Gasteiger partial charge in [-0.15, -0.1) is 0 Å². The second-order valence-corrected chi connectivity index (χ2v) is 5.97. The van der Waals surface area contributed by atoms with Gasteiger partial charge in [0.2, 0.25) is 10.0 Å². The van der Waals surface area contributed by atoms with Gasteiger partial charge in [0.05, 0.1) is 11.5 Å². The summed E-state index contributed by atoms with van der Waals surface area (Å²) in [5.74, 6) is -0.671. The highest BCUT2D eigenvalue weighted by molar-refractivity contribution is 7.89. The topological polar surface area (TPSA) is 81.4 Å². The second-order valence-electron chi connectivity index (χ2n) is 4.26. The van der Waals surface area contributed by atoms with Crippen molar-refractivity contribution in [2.75, 3.05) is 18.9 Å². The molecule has 1 aromatic rings. The SMILES string of the molecule is Nc1cc(F)cc(S(=O)(=O)NC2CCCOC2)c1. The molecule has 5 nitrogen and oxygen atoms in total. The highest BCUT2D eigenvalue weighted by Gasteiger charge is 2.22. The van der Waals surface area contributed by atoms with E-state index in [9.17, 15) is 12.8 Å². The van der Waals surface area contributed by atoms with E-state index in [0.29, 0.717) is 19.6 Å². The number of hydrogen-bond acceptors (Lipinski definition) is 4. The van der Waals surface area contributed by atoms with Crippen molar-refractivity contribution in [1.82, 2.24) is 4.72 Å². The third kappa shape index (κ3) is 3.18. The maximum atomic E-state index is 13.1. The van der Waals surface area contributed by atoms with Crippen LogP contribution < -0.4 is 10.5 Å². The number of benzene rings is 1. The fourth-order valence-corrected chi connectivity index (χ4v) is 3.18. The van der Waals surface area contributed by atoms with Gasteiger partial charge in [0, 0.05) is 18.3 Å². The summed E-state index contributed by atoms with van der Waals surface area (Å²) in [6, 6.07) is 2.98. The minimum absolute atomic E-state index is 0.0790. The molecular formula is C11H15FN2O3S. The fraction of sp³-hybridized carbons (Fsp3) is 0.455. The Balaban J connectivity index is 2.19. The molecule has 0 aromatic heterocycles. The Morgan fingerprint density at radius 3 is 2.78 bits per heavy atom. The summed E-state index contributed by atoms with van der Waals surface area (Å²) >= 11 is 0. The van der Waals surface area contributed by atoms with Crippen molar-refractivity contribution >= 4 is 15.7 Å². The predicted molar refractivity (Wildman–Crippen MR) is 65.0 cm³/mol. The number of nitrogen functional groups attached to an aromatic ring is 1. The van der Waals surface area contributed by atoms with E-state index in [2.05, 4.69) is 4.72 Å². The zero-order valence-electron chi connectivity index (χ0n) is 9.73. The smallest absolute Gasteiger partial charge is 0.241 e. The van der Waals surface area contributed by atoms with Crippen LogP contribution in [0.15, 0.2) is 23.1 Å². The molecule has 1 aliphatic heterocycles. The first-order valence-corrected chi connectivity index (χ1v) is 7.12. The van der Waals surface area contributed by atoms with Crippen LogP contribution in [0.3, 0.4) is 0 Å². The number of anilines is 1. The Morgan fingerprint density at radius 2 is 2.17 bits per heavy atom. The number of sulfonamides is 1. The molecule has 18 heavy (non-hydrogen) atoms. The Hall–Kier alpha value is -1.18. The van der Waals surface area contributed by atoms with Crippen molar-refractivity contribution in [2.24, 2.45) is 0 Å². The molecule has 1 fully saturated rings. The van der Waals surface area contributed by atoms with Gasteiger partial charge in [0.1, 0.15) is 5.82 Å². The summed E-state index contributed by atoms with van der Waals surface area (Å²) < 4.78 is 44.8. The van der Waals surface area contributed by atoms with Gasteiger partial charge in [0.15, 0.2) is 0 Å². The zero-order chi connectivity index (χ0) is 13.2. The molecule has 7 heteroatoms. The molecule has 1 aromatic carbocycles. The largest absolute Gasteiger partial charge is 0.399 e. The van der Waals surface area contributed by atoms with Gasteiger partial charge in [-0.05, 0) is 31.0 Å². The van der Waals surface area contributed by atoms with E-state index in [0.717, 1.165) is 18.6 Å². The molecule has 100 valence electrons. The molecule has 1 aliphatic rings. The minimum atomic E-state index is -3.75. The van der Waals surface area contributed by atoms with Crippen molar-refractivity contribution in [3.8, 4) is 0 Å². The summed E-state index contributed by atoms with van der Waals surface area (Å²) in [5.41, 5.74) is 5.51. The first-order chi connectivity index (χ1) is 8.47. The van der Waals surface area contributed by atoms with Gasteiger partial charge >= 0.3 is 0 Å². The number of nitrogens with one attached hydrogen (secondary N) is 1. The van der Waals surface area contributed by atoms with Gasteiger partial charge in [-0.3, -0.25) is 0 Å². The quantitative estimate of drug-likeness (QED) is 0.801. The third-order valence-corrected chi connectivity index (χ3v) is 4.19. The lowest BCUT2D eigenvalue weighted by Gasteiger charge is -2.23. The Bertz CT molecular complexity index is 507. The molecular weight excluding hydrogens is 259 g/mol. The van der Waals surface area contributed by atoms with Gasteiger partial charge in [-0.1, -0.05) is 0 Å². The molecule has 3 N–H and O–H groups in total. The van der Waals surface area contributed by atoms with Gasteiger partial charge in [-0.2, -0.15) is 0 Å². The van der Waals surface area contributed by atoms with E-state index < -0.39 is 15.8 Å². The van der Waals surface area contributed by atoms with E-state index in [1.54, 1.807) is 0 Å². The molecule has 0 saturated carbocycles. The molecule has 1 heterocycles. The zero-order valence-corrected chi connectivity index (χ0v) is 10.5. The average molecular weight is 274 g/mol. The van der Waals surface area contributed by atoms with Crippen LogP contribution in [0.4, 0.5) is 10.1 Å². The number of rotatable bonds is 3. The lowest BCUT2D eigenvalue weighted by Crippen LogP contribution is -2.40. The first kappa shape index (κ1) is 13.3. The van der Waals surface area contributed by atoms with Crippen molar-refractivity contribution in [3.63, 3.8) is 0 Å². The summed E-state index contributed by atoms with van der Waals surface area (Å²) in [7, 11) is -3.75. The summed E-state index contributed by atoms with van der Waals surface area (Å²) in [5, 5.41) is 0. The summed E-state index contributed by atoms with van der Waals surface area (Å²) in [4.78, 5) is -0.162. The molecule has 1 atom stereocenters. The maximum Gasteiger partial charge on any atom is 0.241 e.